The summed E-state index contributed by atoms with van der Waals surface area (Å²) in [7, 11) is 0. The molecule has 1 saturated heterocycles. The molecule has 0 amide bonds. The number of hydrogen-bond acceptors (Lipinski definition) is 5. The molecule has 0 saturated carbocycles. The van der Waals surface area contributed by atoms with Crippen LogP contribution in [0.15, 0.2) is 62.6 Å². The second-order valence-electron chi connectivity index (χ2n) is 7.77. The molecular formula is C24H28N2O2S. The first-order valence-corrected chi connectivity index (χ1v) is 11.3. The average molecular weight is 409 g/mol. The number of hydrogen-bond donors (Lipinski definition) is 0. The lowest BCUT2D eigenvalue weighted by Crippen LogP contribution is -2.46. The minimum atomic E-state index is -0.276. The normalized spacial score (nSPS) is 15.2. The number of rotatable bonds is 6. The third-order valence-corrected chi connectivity index (χ3v) is 6.66. The van der Waals surface area contributed by atoms with Gasteiger partial charge in [0.05, 0.1) is 0 Å². The van der Waals surface area contributed by atoms with Gasteiger partial charge in [0, 0.05) is 48.2 Å². The van der Waals surface area contributed by atoms with Crippen molar-refractivity contribution in [2.24, 2.45) is 0 Å². The van der Waals surface area contributed by atoms with E-state index in [4.69, 9.17) is 4.42 Å². The maximum absolute atomic E-state index is 11.6. The molecule has 0 N–H and O–H groups in total. The van der Waals surface area contributed by atoms with Crippen LogP contribution in [0.2, 0.25) is 0 Å². The third kappa shape index (κ3) is 5.03. The first-order valence-electron chi connectivity index (χ1n) is 10.3. The highest BCUT2D eigenvalue weighted by atomic mass is 32.2. The van der Waals surface area contributed by atoms with Crippen LogP contribution in [0, 0.1) is 13.8 Å². The monoisotopic (exact) mass is 408 g/mol. The molecule has 1 aromatic heterocycles. The van der Waals surface area contributed by atoms with E-state index in [1.807, 2.05) is 24.8 Å². The Morgan fingerprint density at radius 2 is 1.72 bits per heavy atom. The Morgan fingerprint density at radius 3 is 2.48 bits per heavy atom. The van der Waals surface area contributed by atoms with Gasteiger partial charge >= 0.3 is 5.63 Å². The van der Waals surface area contributed by atoms with Crippen molar-refractivity contribution in [3.05, 3.63) is 70.1 Å². The van der Waals surface area contributed by atoms with E-state index in [-0.39, 0.29) is 5.63 Å². The van der Waals surface area contributed by atoms with Gasteiger partial charge in [-0.15, -0.1) is 11.8 Å². The van der Waals surface area contributed by atoms with Gasteiger partial charge < -0.3 is 9.32 Å². The molecule has 4 nitrogen and oxygen atoms in total. The van der Waals surface area contributed by atoms with E-state index in [9.17, 15) is 4.79 Å². The standard InChI is InChI=1S/C24H28N2O2S/c1-18-4-6-20(7-5-18)26-13-11-25(12-14-26)10-3-15-29-21-8-9-22-19(2)16-24(27)28-23(22)17-21/h4-9,16-17H,3,10-15H2,1-2H3. The summed E-state index contributed by atoms with van der Waals surface area (Å²) in [5, 5.41) is 1.01. The van der Waals surface area contributed by atoms with E-state index in [2.05, 4.69) is 53.1 Å². The number of piperazine rings is 1. The number of fused-ring (bicyclic) bond motifs is 1. The van der Waals surface area contributed by atoms with E-state index in [1.54, 1.807) is 6.07 Å². The Hall–Kier alpha value is -2.24. The van der Waals surface area contributed by atoms with Crippen molar-refractivity contribution in [1.82, 2.24) is 4.90 Å². The predicted molar refractivity (Wildman–Crippen MR) is 122 cm³/mol. The van der Waals surface area contributed by atoms with Crippen molar-refractivity contribution in [2.45, 2.75) is 25.2 Å². The van der Waals surface area contributed by atoms with E-state index in [0.29, 0.717) is 5.58 Å². The number of anilines is 1. The van der Waals surface area contributed by atoms with Crippen LogP contribution in [0.25, 0.3) is 11.0 Å². The van der Waals surface area contributed by atoms with E-state index >= 15 is 0 Å². The highest BCUT2D eigenvalue weighted by Crippen LogP contribution is 2.25. The van der Waals surface area contributed by atoms with Crippen LogP contribution in [-0.4, -0.2) is 43.4 Å². The number of benzene rings is 2. The molecule has 29 heavy (non-hydrogen) atoms. The first kappa shape index (κ1) is 20.0. The van der Waals surface area contributed by atoms with E-state index in [1.165, 1.54) is 11.3 Å². The van der Waals surface area contributed by atoms with Crippen LogP contribution in [0.4, 0.5) is 5.69 Å². The SMILES string of the molecule is Cc1ccc(N2CCN(CCCSc3ccc4c(C)cc(=O)oc4c3)CC2)cc1. The molecule has 1 aliphatic rings. The Bertz CT molecular complexity index is 1020. The van der Waals surface area contributed by atoms with Crippen LogP contribution in [-0.2, 0) is 0 Å². The van der Waals surface area contributed by atoms with Gasteiger partial charge in [0.2, 0.25) is 0 Å². The van der Waals surface area contributed by atoms with Crippen molar-refractivity contribution in [2.75, 3.05) is 43.4 Å². The van der Waals surface area contributed by atoms with Gasteiger partial charge in [0.15, 0.2) is 0 Å². The molecule has 2 heterocycles. The maximum Gasteiger partial charge on any atom is 0.336 e. The molecule has 152 valence electrons. The minimum absolute atomic E-state index is 0.276. The molecule has 0 radical (unpaired) electrons. The molecule has 2 aromatic carbocycles. The molecular weight excluding hydrogens is 380 g/mol. The van der Waals surface area contributed by atoms with Crippen molar-refractivity contribution in [3.63, 3.8) is 0 Å². The van der Waals surface area contributed by atoms with Gasteiger partial charge in [-0.1, -0.05) is 17.7 Å². The second-order valence-corrected chi connectivity index (χ2v) is 8.94. The van der Waals surface area contributed by atoms with E-state index < -0.39 is 0 Å². The molecule has 0 bridgehead atoms. The Labute approximate surface area is 176 Å². The molecule has 4 rings (SSSR count). The summed E-state index contributed by atoms with van der Waals surface area (Å²) in [5.41, 5.74) is 4.03. The van der Waals surface area contributed by atoms with Crippen LogP contribution >= 0.6 is 11.8 Å². The average Bonchev–Trinajstić information content (AvgIpc) is 2.72. The first-order chi connectivity index (χ1) is 14.1. The van der Waals surface area contributed by atoms with Crippen molar-refractivity contribution in [1.29, 1.82) is 0 Å². The smallest absolute Gasteiger partial charge is 0.336 e. The summed E-state index contributed by atoms with van der Waals surface area (Å²) >= 11 is 1.84. The topological polar surface area (TPSA) is 36.7 Å². The zero-order valence-corrected chi connectivity index (χ0v) is 18.0. The van der Waals surface area contributed by atoms with E-state index in [0.717, 1.165) is 60.7 Å². The minimum Gasteiger partial charge on any atom is -0.423 e. The Balaban J connectivity index is 1.23. The maximum atomic E-state index is 11.6. The number of nitrogens with zero attached hydrogens (tertiary/aromatic N) is 2. The molecule has 0 spiro atoms. The van der Waals surface area contributed by atoms with Gasteiger partial charge in [-0.2, -0.15) is 0 Å². The lowest BCUT2D eigenvalue weighted by molar-refractivity contribution is 0.259. The Kier molecular flexibility index (Phi) is 6.26. The molecule has 1 fully saturated rings. The van der Waals surface area contributed by atoms with Gasteiger partial charge in [-0.05, 0) is 68.5 Å². The van der Waals surface area contributed by atoms with Gasteiger partial charge in [-0.25, -0.2) is 4.79 Å². The fourth-order valence-corrected chi connectivity index (χ4v) is 4.72. The summed E-state index contributed by atoms with van der Waals surface area (Å²) in [6, 6.07) is 16.6. The molecule has 0 atom stereocenters. The summed E-state index contributed by atoms with van der Waals surface area (Å²) in [6.07, 6.45) is 1.16. The van der Waals surface area contributed by atoms with Gasteiger partial charge in [0.1, 0.15) is 5.58 Å². The fraction of sp³-hybridized carbons (Fsp3) is 0.375. The zero-order valence-electron chi connectivity index (χ0n) is 17.2. The highest BCUT2D eigenvalue weighted by Gasteiger charge is 2.16. The highest BCUT2D eigenvalue weighted by molar-refractivity contribution is 7.99. The number of thioether (sulfide) groups is 1. The molecule has 5 heteroatoms. The quantitative estimate of drug-likeness (QED) is 0.335. The zero-order chi connectivity index (χ0) is 20.2. The second kappa shape index (κ2) is 9.06. The predicted octanol–water partition coefficient (Wildman–Crippen LogP) is 4.71. The van der Waals surface area contributed by atoms with Crippen LogP contribution in [0.3, 0.4) is 0 Å². The largest absolute Gasteiger partial charge is 0.423 e. The number of aryl methyl sites for hydroxylation is 2. The van der Waals surface area contributed by atoms with Crippen LogP contribution in [0.5, 0.6) is 0 Å². The third-order valence-electron chi connectivity index (χ3n) is 5.58. The van der Waals surface area contributed by atoms with Crippen molar-refractivity contribution in [3.8, 4) is 0 Å². The summed E-state index contributed by atoms with van der Waals surface area (Å²) in [4.78, 5) is 17.8. The van der Waals surface area contributed by atoms with Gasteiger partial charge in [0.25, 0.3) is 0 Å². The van der Waals surface area contributed by atoms with Gasteiger partial charge in [-0.3, -0.25) is 4.90 Å². The van der Waals surface area contributed by atoms with Crippen molar-refractivity contribution < 1.29 is 4.42 Å². The molecule has 1 aliphatic heterocycles. The fourth-order valence-electron chi connectivity index (χ4n) is 3.86. The summed E-state index contributed by atoms with van der Waals surface area (Å²) in [5.74, 6) is 1.07. The molecule has 3 aromatic rings. The lowest BCUT2D eigenvalue weighted by Gasteiger charge is -2.36. The van der Waals surface area contributed by atoms with Crippen molar-refractivity contribution >= 4 is 28.4 Å². The summed E-state index contributed by atoms with van der Waals surface area (Å²) in [6.45, 7) is 9.66. The lowest BCUT2D eigenvalue weighted by atomic mass is 10.1. The van der Waals surface area contributed by atoms with Crippen LogP contribution in [0.1, 0.15) is 17.5 Å². The molecule has 0 unspecified atom stereocenters. The summed E-state index contributed by atoms with van der Waals surface area (Å²) < 4.78 is 5.36. The molecule has 0 aliphatic carbocycles. The Morgan fingerprint density at radius 1 is 0.966 bits per heavy atom. The van der Waals surface area contributed by atoms with Crippen LogP contribution < -0.4 is 10.5 Å².